The third kappa shape index (κ3) is 3.75. The van der Waals surface area contributed by atoms with Gasteiger partial charge in [-0.1, -0.05) is 69.3 Å². The molecule has 3 aromatic carbocycles. The lowest BCUT2D eigenvalue weighted by Crippen LogP contribution is -2.29. The number of benzene rings is 3. The Morgan fingerprint density at radius 2 is 1.61 bits per heavy atom. The number of methoxy groups -OCH3 is 1. The molecular formula is C30H28N2O4. The molecule has 1 amide bonds. The number of hydrogen-bond acceptors (Lipinski definition) is 4. The second-order valence-electron chi connectivity index (χ2n) is 9.96. The molecule has 5 rings (SSSR count). The number of carbonyl (C=O) groups excluding carboxylic acids is 2. The molecule has 6 nitrogen and oxygen atoms in total. The number of anilines is 1. The Morgan fingerprint density at radius 3 is 2.31 bits per heavy atom. The number of aliphatic hydroxyl groups excluding tert-OH is 1. The van der Waals surface area contributed by atoms with Gasteiger partial charge in [-0.05, 0) is 35.2 Å². The van der Waals surface area contributed by atoms with Crippen molar-refractivity contribution in [2.75, 3.05) is 12.0 Å². The predicted octanol–water partition coefficient (Wildman–Crippen LogP) is 6.10. The van der Waals surface area contributed by atoms with E-state index in [4.69, 9.17) is 4.74 Å². The number of aromatic amines is 1. The highest BCUT2D eigenvalue weighted by molar-refractivity contribution is 6.51. The fourth-order valence-corrected chi connectivity index (χ4v) is 4.82. The lowest BCUT2D eigenvalue weighted by atomic mass is 9.87. The summed E-state index contributed by atoms with van der Waals surface area (Å²) >= 11 is 0. The molecule has 182 valence electrons. The molecule has 1 atom stereocenters. The van der Waals surface area contributed by atoms with Gasteiger partial charge in [0.1, 0.15) is 11.5 Å². The SMILES string of the molecule is COc1ccccc1C1/C(=C(\O)c2c[nH]c3ccccc23)C(=O)C(=O)N1c1ccc(C(C)(C)C)cc1. The van der Waals surface area contributed by atoms with E-state index < -0.39 is 17.7 Å². The molecule has 1 saturated heterocycles. The fraction of sp³-hybridized carbons (Fsp3) is 0.200. The summed E-state index contributed by atoms with van der Waals surface area (Å²) in [6.07, 6.45) is 1.66. The van der Waals surface area contributed by atoms with Gasteiger partial charge in [0.2, 0.25) is 0 Å². The number of aliphatic hydroxyl groups is 1. The average molecular weight is 481 g/mol. The molecule has 0 spiro atoms. The molecule has 1 aliphatic rings. The van der Waals surface area contributed by atoms with Crippen LogP contribution < -0.4 is 9.64 Å². The van der Waals surface area contributed by atoms with Gasteiger partial charge in [0.05, 0.1) is 18.7 Å². The molecule has 1 aromatic heterocycles. The van der Waals surface area contributed by atoms with Crippen LogP contribution in [0.2, 0.25) is 0 Å². The molecule has 0 aliphatic carbocycles. The van der Waals surface area contributed by atoms with Crippen molar-refractivity contribution in [3.8, 4) is 5.75 Å². The van der Waals surface area contributed by atoms with Crippen molar-refractivity contribution in [3.63, 3.8) is 0 Å². The van der Waals surface area contributed by atoms with E-state index in [-0.39, 0.29) is 16.7 Å². The smallest absolute Gasteiger partial charge is 0.300 e. The number of H-pyrrole nitrogens is 1. The van der Waals surface area contributed by atoms with Crippen molar-refractivity contribution in [1.82, 2.24) is 4.98 Å². The van der Waals surface area contributed by atoms with Gasteiger partial charge < -0.3 is 14.8 Å². The molecule has 1 fully saturated rings. The van der Waals surface area contributed by atoms with Crippen LogP contribution in [0.3, 0.4) is 0 Å². The van der Waals surface area contributed by atoms with Crippen LogP contribution in [0.1, 0.15) is 43.5 Å². The van der Waals surface area contributed by atoms with E-state index in [0.29, 0.717) is 22.6 Å². The second kappa shape index (κ2) is 8.72. The van der Waals surface area contributed by atoms with E-state index in [0.717, 1.165) is 16.5 Å². The molecular weight excluding hydrogens is 452 g/mol. The minimum Gasteiger partial charge on any atom is -0.507 e. The van der Waals surface area contributed by atoms with Crippen LogP contribution in [0.5, 0.6) is 5.75 Å². The first kappa shape index (κ1) is 23.4. The summed E-state index contributed by atoms with van der Waals surface area (Å²) in [6.45, 7) is 6.35. The zero-order valence-corrected chi connectivity index (χ0v) is 20.7. The molecule has 4 aromatic rings. The van der Waals surface area contributed by atoms with Crippen molar-refractivity contribution in [3.05, 3.63) is 101 Å². The van der Waals surface area contributed by atoms with Crippen molar-refractivity contribution in [2.45, 2.75) is 32.2 Å². The summed E-state index contributed by atoms with van der Waals surface area (Å²) in [5.74, 6) is -1.15. The van der Waals surface area contributed by atoms with Gasteiger partial charge in [-0.15, -0.1) is 0 Å². The van der Waals surface area contributed by atoms with Crippen LogP contribution in [0.25, 0.3) is 16.7 Å². The number of hydrogen-bond donors (Lipinski definition) is 2. The topological polar surface area (TPSA) is 82.6 Å². The zero-order valence-electron chi connectivity index (χ0n) is 20.7. The van der Waals surface area contributed by atoms with Crippen LogP contribution in [0, 0.1) is 0 Å². The number of nitrogens with one attached hydrogen (secondary N) is 1. The lowest BCUT2D eigenvalue weighted by Gasteiger charge is -2.27. The summed E-state index contributed by atoms with van der Waals surface area (Å²) < 4.78 is 5.61. The van der Waals surface area contributed by atoms with Crippen molar-refractivity contribution in [1.29, 1.82) is 0 Å². The van der Waals surface area contributed by atoms with E-state index in [1.165, 1.54) is 4.90 Å². The number of carbonyl (C=O) groups is 2. The number of rotatable bonds is 4. The molecule has 0 bridgehead atoms. The van der Waals surface area contributed by atoms with Gasteiger partial charge in [0, 0.05) is 33.9 Å². The van der Waals surface area contributed by atoms with Crippen LogP contribution in [-0.4, -0.2) is 28.9 Å². The first-order chi connectivity index (χ1) is 17.2. The maximum atomic E-state index is 13.5. The Labute approximate surface area is 209 Å². The Bertz CT molecular complexity index is 1510. The highest BCUT2D eigenvalue weighted by Crippen LogP contribution is 2.45. The first-order valence-corrected chi connectivity index (χ1v) is 11.8. The van der Waals surface area contributed by atoms with Gasteiger partial charge >= 0.3 is 0 Å². The molecule has 6 heteroatoms. The van der Waals surface area contributed by atoms with Gasteiger partial charge in [-0.2, -0.15) is 0 Å². The van der Waals surface area contributed by atoms with E-state index in [1.807, 2.05) is 66.7 Å². The first-order valence-electron chi connectivity index (χ1n) is 11.8. The number of ketones is 1. The third-order valence-corrected chi connectivity index (χ3v) is 6.73. The highest BCUT2D eigenvalue weighted by Gasteiger charge is 2.48. The molecule has 1 aliphatic heterocycles. The molecule has 0 radical (unpaired) electrons. The van der Waals surface area contributed by atoms with E-state index >= 15 is 0 Å². The van der Waals surface area contributed by atoms with Crippen LogP contribution in [0.15, 0.2) is 84.6 Å². The largest absolute Gasteiger partial charge is 0.507 e. The van der Waals surface area contributed by atoms with Crippen molar-refractivity contribution < 1.29 is 19.4 Å². The van der Waals surface area contributed by atoms with E-state index in [9.17, 15) is 14.7 Å². The maximum Gasteiger partial charge on any atom is 0.300 e. The van der Waals surface area contributed by atoms with E-state index in [2.05, 4.69) is 25.8 Å². The monoisotopic (exact) mass is 480 g/mol. The van der Waals surface area contributed by atoms with Crippen LogP contribution in [0.4, 0.5) is 5.69 Å². The molecule has 1 unspecified atom stereocenters. The summed E-state index contributed by atoms with van der Waals surface area (Å²) in [4.78, 5) is 31.6. The van der Waals surface area contributed by atoms with Gasteiger partial charge in [0.15, 0.2) is 0 Å². The zero-order chi connectivity index (χ0) is 25.6. The average Bonchev–Trinajstić information content (AvgIpc) is 3.42. The third-order valence-electron chi connectivity index (χ3n) is 6.73. The Balaban J connectivity index is 1.74. The van der Waals surface area contributed by atoms with Gasteiger partial charge in [-0.3, -0.25) is 14.5 Å². The number of aromatic nitrogens is 1. The fourth-order valence-electron chi connectivity index (χ4n) is 4.82. The summed E-state index contributed by atoms with van der Waals surface area (Å²) in [6, 6.07) is 21.5. The van der Waals surface area contributed by atoms with Crippen molar-refractivity contribution in [2.24, 2.45) is 0 Å². The molecule has 2 heterocycles. The molecule has 36 heavy (non-hydrogen) atoms. The quantitative estimate of drug-likeness (QED) is 0.210. The summed E-state index contributed by atoms with van der Waals surface area (Å²) in [5, 5.41) is 12.3. The minimum atomic E-state index is -0.865. The minimum absolute atomic E-state index is 0.0224. The summed E-state index contributed by atoms with van der Waals surface area (Å²) in [5.41, 5.74) is 3.53. The highest BCUT2D eigenvalue weighted by atomic mass is 16.5. The normalized spacial score (nSPS) is 17.7. The number of amides is 1. The number of nitrogens with zero attached hydrogens (tertiary/aromatic N) is 1. The van der Waals surface area contributed by atoms with Crippen LogP contribution in [-0.2, 0) is 15.0 Å². The Kier molecular flexibility index (Phi) is 5.67. The number of para-hydroxylation sites is 2. The predicted molar refractivity (Wildman–Crippen MR) is 141 cm³/mol. The number of fused-ring (bicyclic) bond motifs is 1. The number of Topliss-reactive ketones (excluding diaryl/α,β-unsaturated/α-hetero) is 1. The lowest BCUT2D eigenvalue weighted by molar-refractivity contribution is -0.132. The maximum absolute atomic E-state index is 13.5. The van der Waals surface area contributed by atoms with E-state index in [1.54, 1.807) is 19.4 Å². The second-order valence-corrected chi connectivity index (χ2v) is 9.96. The standard InChI is InChI=1S/C30H28N2O4/c1-30(2,3)18-13-15-19(16-14-18)32-26(21-10-6-8-12-24(21)36-4)25(28(34)29(32)35)27(33)22-17-31-23-11-7-5-9-20(22)23/h5-17,26,31,33H,1-4H3/b27-25+. The molecule has 0 saturated carbocycles. The number of ether oxygens (including phenoxy) is 1. The summed E-state index contributed by atoms with van der Waals surface area (Å²) in [7, 11) is 1.54. The van der Waals surface area contributed by atoms with Crippen molar-refractivity contribution >= 4 is 34.0 Å². The Hall–Kier alpha value is -4.32. The Morgan fingerprint density at radius 1 is 0.944 bits per heavy atom. The van der Waals surface area contributed by atoms with Crippen LogP contribution >= 0.6 is 0 Å². The molecule has 2 N–H and O–H groups in total. The van der Waals surface area contributed by atoms with Gasteiger partial charge in [0.25, 0.3) is 11.7 Å². The van der Waals surface area contributed by atoms with Gasteiger partial charge in [-0.25, -0.2) is 0 Å².